The van der Waals surface area contributed by atoms with Gasteiger partial charge in [0.1, 0.15) is 0 Å². The van der Waals surface area contributed by atoms with Crippen LogP contribution in [0.2, 0.25) is 0 Å². The Morgan fingerprint density at radius 2 is 1.15 bits per heavy atom. The highest BCUT2D eigenvalue weighted by molar-refractivity contribution is 5.47. The number of anilines is 2. The molecule has 0 unspecified atom stereocenters. The summed E-state index contributed by atoms with van der Waals surface area (Å²) < 4.78 is 10.3. The number of unbranched alkanes of at least 4 members (excludes halogenated alkanes) is 1. The lowest BCUT2D eigenvalue weighted by Gasteiger charge is -2.29. The van der Waals surface area contributed by atoms with Crippen LogP contribution in [0.15, 0.2) is 48.5 Å². The van der Waals surface area contributed by atoms with Crippen LogP contribution in [0.1, 0.15) is 99.6 Å². The minimum atomic E-state index is -0.0640. The average molecular weight is 545 g/mol. The molecule has 0 aliphatic heterocycles. The molecular formula is C34H60N2O3. The van der Waals surface area contributed by atoms with Gasteiger partial charge in [0.25, 0.3) is 6.47 Å². The standard InChI is InChI=1S/C15H18N2.C11H22O3.C6H14.C2H6/c1-16-14-7-3-12(4-8-14)11-13-5-9-15(17-2)10-6-13;1-10(2)11(3,4)14-8-6-5-7-13-9-12;1-5-6(2,3)4;1-2/h3-10,16-17H,11H2,1-2H3;9-10H,5-8H2,1-4H3;5H2,1-4H3;1-2H3. The van der Waals surface area contributed by atoms with Crippen LogP contribution in [0.25, 0.3) is 0 Å². The number of nitrogens with one attached hydrogen (secondary N) is 2. The Kier molecular flexibility index (Phi) is 22.1. The molecule has 0 saturated heterocycles. The van der Waals surface area contributed by atoms with Gasteiger partial charge in [-0.2, -0.15) is 0 Å². The lowest BCUT2D eigenvalue weighted by Crippen LogP contribution is -2.31. The zero-order valence-electron chi connectivity index (χ0n) is 27.2. The Morgan fingerprint density at radius 1 is 0.769 bits per heavy atom. The van der Waals surface area contributed by atoms with Crippen LogP contribution in [0.4, 0.5) is 11.4 Å². The summed E-state index contributed by atoms with van der Waals surface area (Å²) in [5.41, 5.74) is 5.45. The fraction of sp³-hybridized carbons (Fsp3) is 0.618. The minimum absolute atomic E-state index is 0.0640. The van der Waals surface area contributed by atoms with E-state index in [9.17, 15) is 4.79 Å². The Balaban J connectivity index is 0. The monoisotopic (exact) mass is 544 g/mol. The number of carbonyl (C=O) groups is 1. The van der Waals surface area contributed by atoms with E-state index < -0.39 is 0 Å². The summed E-state index contributed by atoms with van der Waals surface area (Å²) in [7, 11) is 3.87. The SMILES string of the molecule is CC.CC(C)C(C)(C)OCCCCOC=O.CCC(C)(C)C.CNc1ccc(Cc2ccc(NC)cc2)cc1. The molecule has 2 rings (SSSR count). The number of ether oxygens (including phenoxy) is 2. The number of carbonyl (C=O) groups excluding carboxylic acids is 1. The molecule has 0 spiro atoms. The van der Waals surface area contributed by atoms with E-state index in [0.717, 1.165) is 37.2 Å². The van der Waals surface area contributed by atoms with Gasteiger partial charge in [-0.05, 0) is 79.8 Å². The van der Waals surface area contributed by atoms with Gasteiger partial charge in [-0.1, -0.05) is 86.1 Å². The minimum Gasteiger partial charge on any atom is -0.468 e. The first-order chi connectivity index (χ1) is 18.4. The van der Waals surface area contributed by atoms with E-state index in [-0.39, 0.29) is 5.60 Å². The maximum absolute atomic E-state index is 9.83. The molecule has 224 valence electrons. The summed E-state index contributed by atoms with van der Waals surface area (Å²) in [6.45, 7) is 23.1. The molecule has 5 nitrogen and oxygen atoms in total. The molecule has 2 aromatic carbocycles. The second kappa shape index (κ2) is 22.3. The third-order valence-corrected chi connectivity index (χ3v) is 6.54. The van der Waals surface area contributed by atoms with Crippen LogP contribution in [-0.4, -0.2) is 39.4 Å². The quantitative estimate of drug-likeness (QED) is 0.206. The largest absolute Gasteiger partial charge is 0.468 e. The summed E-state index contributed by atoms with van der Waals surface area (Å²) in [6, 6.07) is 17.1. The van der Waals surface area contributed by atoms with E-state index in [1.54, 1.807) is 0 Å². The van der Waals surface area contributed by atoms with Crippen LogP contribution >= 0.6 is 0 Å². The van der Waals surface area contributed by atoms with E-state index in [1.165, 1.54) is 17.5 Å². The lowest BCUT2D eigenvalue weighted by molar-refractivity contribution is -0.129. The van der Waals surface area contributed by atoms with Crippen molar-refractivity contribution >= 4 is 17.8 Å². The maximum Gasteiger partial charge on any atom is 0.293 e. The fourth-order valence-electron chi connectivity index (χ4n) is 2.65. The molecule has 0 aliphatic carbocycles. The Labute approximate surface area is 241 Å². The molecule has 0 saturated carbocycles. The van der Waals surface area contributed by atoms with Crippen molar-refractivity contribution < 1.29 is 14.3 Å². The predicted molar refractivity (Wildman–Crippen MR) is 172 cm³/mol. The molecule has 0 aromatic heterocycles. The molecule has 5 heteroatoms. The molecule has 0 radical (unpaired) electrons. The molecule has 0 bridgehead atoms. The van der Waals surface area contributed by atoms with Crippen LogP contribution in [0, 0.1) is 11.3 Å². The maximum atomic E-state index is 9.83. The first-order valence-electron chi connectivity index (χ1n) is 14.6. The predicted octanol–water partition coefficient (Wildman–Crippen LogP) is 9.22. The first-order valence-corrected chi connectivity index (χ1v) is 14.6. The molecule has 39 heavy (non-hydrogen) atoms. The zero-order valence-corrected chi connectivity index (χ0v) is 27.2. The van der Waals surface area contributed by atoms with Crippen molar-refractivity contribution in [1.29, 1.82) is 0 Å². The fourth-order valence-corrected chi connectivity index (χ4v) is 2.65. The van der Waals surface area contributed by atoms with Crippen LogP contribution in [-0.2, 0) is 20.7 Å². The molecule has 2 aromatic rings. The Hall–Kier alpha value is -2.53. The van der Waals surface area contributed by atoms with Gasteiger partial charge < -0.3 is 20.1 Å². The van der Waals surface area contributed by atoms with Crippen LogP contribution < -0.4 is 10.6 Å². The first kappa shape index (κ1) is 38.6. The van der Waals surface area contributed by atoms with Crippen molar-refractivity contribution in [2.75, 3.05) is 37.9 Å². The van der Waals surface area contributed by atoms with Crippen molar-refractivity contribution in [2.24, 2.45) is 11.3 Å². The van der Waals surface area contributed by atoms with Gasteiger partial charge in [-0.25, -0.2) is 0 Å². The number of rotatable bonds is 12. The highest BCUT2D eigenvalue weighted by atomic mass is 16.5. The van der Waals surface area contributed by atoms with Crippen LogP contribution in [0.3, 0.4) is 0 Å². The zero-order chi connectivity index (χ0) is 30.3. The van der Waals surface area contributed by atoms with Crippen molar-refractivity contribution in [3.05, 3.63) is 59.7 Å². The molecule has 2 N–H and O–H groups in total. The van der Waals surface area contributed by atoms with Gasteiger partial charge in [0.2, 0.25) is 0 Å². The van der Waals surface area contributed by atoms with Gasteiger partial charge in [-0.3, -0.25) is 4.79 Å². The summed E-state index contributed by atoms with van der Waals surface area (Å²) in [6.07, 6.45) is 4.05. The van der Waals surface area contributed by atoms with E-state index in [1.807, 2.05) is 27.9 Å². The topological polar surface area (TPSA) is 59.6 Å². The summed E-state index contributed by atoms with van der Waals surface area (Å²) in [5, 5.41) is 6.25. The van der Waals surface area contributed by atoms with Gasteiger partial charge in [-0.15, -0.1) is 0 Å². The molecule has 0 amide bonds. The summed E-state index contributed by atoms with van der Waals surface area (Å²) >= 11 is 0. The van der Waals surface area contributed by atoms with Crippen molar-refractivity contribution in [3.8, 4) is 0 Å². The van der Waals surface area contributed by atoms with E-state index >= 15 is 0 Å². The highest BCUT2D eigenvalue weighted by Gasteiger charge is 2.22. The second-order valence-electron chi connectivity index (χ2n) is 11.3. The third kappa shape index (κ3) is 21.0. The number of hydrogen-bond acceptors (Lipinski definition) is 5. The second-order valence-corrected chi connectivity index (χ2v) is 11.3. The highest BCUT2D eigenvalue weighted by Crippen LogP contribution is 2.20. The van der Waals surface area contributed by atoms with Gasteiger partial charge in [0.15, 0.2) is 0 Å². The number of benzene rings is 2. The number of hydrogen-bond donors (Lipinski definition) is 2. The van der Waals surface area contributed by atoms with Gasteiger partial charge in [0, 0.05) is 32.1 Å². The van der Waals surface area contributed by atoms with Crippen LogP contribution in [0.5, 0.6) is 0 Å². The lowest BCUT2D eigenvalue weighted by atomic mass is 9.94. The smallest absolute Gasteiger partial charge is 0.293 e. The summed E-state index contributed by atoms with van der Waals surface area (Å²) in [4.78, 5) is 9.83. The third-order valence-electron chi connectivity index (χ3n) is 6.54. The van der Waals surface area contributed by atoms with Crippen molar-refractivity contribution in [3.63, 3.8) is 0 Å². The molecule has 0 heterocycles. The van der Waals surface area contributed by atoms with E-state index in [2.05, 4.69) is 119 Å². The Bertz CT molecular complexity index is 778. The molecule has 0 atom stereocenters. The van der Waals surface area contributed by atoms with E-state index in [4.69, 9.17) is 4.74 Å². The van der Waals surface area contributed by atoms with Crippen molar-refractivity contribution in [2.45, 2.75) is 101 Å². The Morgan fingerprint density at radius 3 is 1.46 bits per heavy atom. The van der Waals surface area contributed by atoms with Gasteiger partial charge in [0.05, 0.1) is 12.2 Å². The molecule has 0 aliphatic rings. The summed E-state index contributed by atoms with van der Waals surface area (Å²) in [5.74, 6) is 0.508. The van der Waals surface area contributed by atoms with Crippen molar-refractivity contribution in [1.82, 2.24) is 0 Å². The molecular weight excluding hydrogens is 484 g/mol. The normalized spacial score (nSPS) is 10.6. The molecule has 0 fully saturated rings. The van der Waals surface area contributed by atoms with Gasteiger partial charge >= 0.3 is 0 Å². The van der Waals surface area contributed by atoms with E-state index in [0.29, 0.717) is 24.4 Å². The average Bonchev–Trinajstić information content (AvgIpc) is 2.93.